The molecule has 0 aliphatic heterocycles. The Kier molecular flexibility index (Phi) is 10.1. The molecule has 0 radical (unpaired) electrons. The average molecular weight is 645 g/mol. The van der Waals surface area contributed by atoms with E-state index >= 15 is 0 Å². The SMILES string of the molecule is COc1ccc(Cl)c(Oc2c(NS(=O)(=O)c3ccc(C(C)(C)C)cc3)ncnc2OCCOC(=O)Nc2cccc(F)c2)c1. The molecule has 232 valence electrons. The number of nitrogens with one attached hydrogen (secondary N) is 2. The van der Waals surface area contributed by atoms with Crippen molar-refractivity contribution in [2.75, 3.05) is 30.4 Å². The number of ether oxygens (including phenoxy) is 4. The Bertz CT molecular complexity index is 1730. The summed E-state index contributed by atoms with van der Waals surface area (Å²) < 4.78 is 64.5. The van der Waals surface area contributed by atoms with Crippen molar-refractivity contribution in [1.29, 1.82) is 0 Å². The first kappa shape index (κ1) is 32.3. The molecule has 44 heavy (non-hydrogen) atoms. The molecule has 0 saturated carbocycles. The standard InChI is InChI=1S/C30H30ClFN4O7S/c1-30(2,3)19-8-11-23(12-9-19)44(38,39)36-27-26(43-25-17-22(40-4)10-13-24(25)31)28(34-18-33-27)41-14-15-42-29(37)35-21-7-5-6-20(32)16-21/h5-13,16-18H,14-15H2,1-4H3,(H,35,37)(H,33,34,36). The van der Waals surface area contributed by atoms with Gasteiger partial charge in [-0.2, -0.15) is 4.98 Å². The van der Waals surface area contributed by atoms with Gasteiger partial charge in [0, 0.05) is 11.8 Å². The third-order valence-electron chi connectivity index (χ3n) is 6.01. The molecule has 11 nitrogen and oxygen atoms in total. The second-order valence-corrected chi connectivity index (χ2v) is 12.3. The van der Waals surface area contributed by atoms with Gasteiger partial charge >= 0.3 is 6.09 Å². The summed E-state index contributed by atoms with van der Waals surface area (Å²) in [4.78, 5) is 20.2. The molecule has 0 saturated heterocycles. The third kappa shape index (κ3) is 8.48. The highest BCUT2D eigenvalue weighted by Gasteiger charge is 2.24. The number of carbonyl (C=O) groups excluding carboxylic acids is 1. The van der Waals surface area contributed by atoms with Gasteiger partial charge in [-0.25, -0.2) is 22.6 Å². The molecular weight excluding hydrogens is 615 g/mol. The molecule has 0 aliphatic rings. The Hall–Kier alpha value is -4.62. The molecule has 0 spiro atoms. The lowest BCUT2D eigenvalue weighted by Crippen LogP contribution is -2.19. The molecule has 4 aromatic rings. The number of amides is 1. The molecular formula is C30H30ClFN4O7S. The molecule has 1 amide bonds. The number of benzene rings is 3. The first-order valence-corrected chi connectivity index (χ1v) is 15.0. The van der Waals surface area contributed by atoms with Crippen LogP contribution in [-0.2, 0) is 20.2 Å². The highest BCUT2D eigenvalue weighted by atomic mass is 35.5. The average Bonchev–Trinajstić information content (AvgIpc) is 2.97. The molecule has 0 fully saturated rings. The van der Waals surface area contributed by atoms with Crippen LogP contribution in [0.4, 0.5) is 20.7 Å². The lowest BCUT2D eigenvalue weighted by Gasteiger charge is -2.19. The van der Waals surface area contributed by atoms with Crippen molar-refractivity contribution >= 4 is 39.2 Å². The summed E-state index contributed by atoms with van der Waals surface area (Å²) in [5.41, 5.74) is 0.996. The smallest absolute Gasteiger partial charge is 0.411 e. The third-order valence-corrected chi connectivity index (χ3v) is 7.68. The summed E-state index contributed by atoms with van der Waals surface area (Å²) in [7, 11) is -2.68. The van der Waals surface area contributed by atoms with Crippen molar-refractivity contribution in [3.05, 3.63) is 89.5 Å². The van der Waals surface area contributed by atoms with Crippen LogP contribution in [0.25, 0.3) is 0 Å². The predicted octanol–water partition coefficient (Wildman–Crippen LogP) is 6.80. The fourth-order valence-corrected chi connectivity index (χ4v) is 4.91. The summed E-state index contributed by atoms with van der Waals surface area (Å²) in [6.45, 7) is 5.60. The Balaban J connectivity index is 1.56. The van der Waals surface area contributed by atoms with Crippen LogP contribution >= 0.6 is 11.6 Å². The van der Waals surface area contributed by atoms with Gasteiger partial charge in [0.2, 0.25) is 5.75 Å². The van der Waals surface area contributed by atoms with E-state index in [1.165, 1.54) is 49.6 Å². The van der Waals surface area contributed by atoms with Gasteiger partial charge in [-0.1, -0.05) is 50.6 Å². The zero-order valence-electron chi connectivity index (χ0n) is 24.3. The second kappa shape index (κ2) is 13.8. The van der Waals surface area contributed by atoms with Crippen LogP contribution < -0.4 is 24.2 Å². The van der Waals surface area contributed by atoms with Gasteiger partial charge in [0.05, 0.1) is 17.0 Å². The molecule has 0 unspecified atom stereocenters. The van der Waals surface area contributed by atoms with Crippen molar-refractivity contribution < 1.29 is 36.6 Å². The van der Waals surface area contributed by atoms with E-state index in [0.29, 0.717) is 5.75 Å². The number of aromatic nitrogens is 2. The molecule has 4 rings (SSSR count). The van der Waals surface area contributed by atoms with Gasteiger partial charge in [-0.15, -0.1) is 0 Å². The van der Waals surface area contributed by atoms with Gasteiger partial charge in [0.25, 0.3) is 15.9 Å². The summed E-state index contributed by atoms with van der Waals surface area (Å²) in [5.74, 6) is -0.616. The molecule has 0 aliphatic carbocycles. The van der Waals surface area contributed by atoms with E-state index in [0.717, 1.165) is 18.0 Å². The van der Waals surface area contributed by atoms with Crippen molar-refractivity contribution in [2.45, 2.75) is 31.1 Å². The minimum atomic E-state index is -4.14. The van der Waals surface area contributed by atoms with Crippen molar-refractivity contribution in [3.63, 3.8) is 0 Å². The maximum atomic E-state index is 13.4. The minimum Gasteiger partial charge on any atom is -0.497 e. The van der Waals surface area contributed by atoms with Crippen molar-refractivity contribution in [2.24, 2.45) is 0 Å². The summed E-state index contributed by atoms with van der Waals surface area (Å²) in [6, 6.07) is 16.4. The van der Waals surface area contributed by atoms with Crippen LogP contribution in [0.3, 0.4) is 0 Å². The zero-order valence-corrected chi connectivity index (χ0v) is 25.8. The molecule has 2 N–H and O–H groups in total. The molecule has 1 aromatic heterocycles. The van der Waals surface area contributed by atoms with E-state index in [9.17, 15) is 17.6 Å². The monoisotopic (exact) mass is 644 g/mol. The van der Waals surface area contributed by atoms with E-state index in [-0.39, 0.29) is 57.4 Å². The fraction of sp³-hybridized carbons (Fsp3) is 0.233. The van der Waals surface area contributed by atoms with Crippen molar-refractivity contribution in [1.82, 2.24) is 9.97 Å². The van der Waals surface area contributed by atoms with E-state index < -0.39 is 21.9 Å². The van der Waals surface area contributed by atoms with Crippen LogP contribution in [0, 0.1) is 5.82 Å². The molecule has 0 bridgehead atoms. The molecule has 14 heteroatoms. The van der Waals surface area contributed by atoms with Crippen molar-refractivity contribution in [3.8, 4) is 23.1 Å². The van der Waals surface area contributed by atoms with Crippen LogP contribution in [0.2, 0.25) is 5.02 Å². The second-order valence-electron chi connectivity index (χ2n) is 10.3. The lowest BCUT2D eigenvalue weighted by atomic mass is 9.87. The minimum absolute atomic E-state index is 0.00495. The maximum absolute atomic E-state index is 13.4. The summed E-state index contributed by atoms with van der Waals surface area (Å²) >= 11 is 6.34. The van der Waals surface area contributed by atoms with Gasteiger partial charge in [0.1, 0.15) is 36.9 Å². The Morgan fingerprint density at radius 3 is 2.43 bits per heavy atom. The van der Waals surface area contributed by atoms with Crippen LogP contribution in [0.15, 0.2) is 78.0 Å². The number of carbonyl (C=O) groups is 1. The van der Waals surface area contributed by atoms with Gasteiger partial charge in [0.15, 0.2) is 5.82 Å². The van der Waals surface area contributed by atoms with Gasteiger partial charge < -0.3 is 18.9 Å². The topological polar surface area (TPSA) is 138 Å². The Morgan fingerprint density at radius 2 is 1.75 bits per heavy atom. The normalized spacial score (nSPS) is 11.4. The Morgan fingerprint density at radius 1 is 1.00 bits per heavy atom. The highest BCUT2D eigenvalue weighted by molar-refractivity contribution is 7.92. The number of nitrogens with zero attached hydrogens (tertiary/aromatic N) is 2. The maximum Gasteiger partial charge on any atom is 0.411 e. The van der Waals surface area contributed by atoms with Crippen LogP contribution in [-0.4, -0.2) is 44.8 Å². The number of anilines is 2. The van der Waals surface area contributed by atoms with Crippen LogP contribution in [0.1, 0.15) is 26.3 Å². The van der Waals surface area contributed by atoms with E-state index in [1.54, 1.807) is 18.2 Å². The first-order chi connectivity index (χ1) is 20.9. The molecule has 0 atom stereocenters. The number of rotatable bonds is 11. The Labute approximate surface area is 259 Å². The summed E-state index contributed by atoms with van der Waals surface area (Å²) in [5, 5.41) is 2.58. The molecule has 1 heterocycles. The van der Waals surface area contributed by atoms with E-state index in [4.69, 9.17) is 30.5 Å². The zero-order chi connectivity index (χ0) is 31.9. The first-order valence-electron chi connectivity index (χ1n) is 13.2. The number of hydrogen-bond acceptors (Lipinski definition) is 9. The largest absolute Gasteiger partial charge is 0.497 e. The molecule has 3 aromatic carbocycles. The summed E-state index contributed by atoms with van der Waals surface area (Å²) in [6.07, 6.45) is 0.237. The lowest BCUT2D eigenvalue weighted by molar-refractivity contribution is 0.135. The van der Waals surface area contributed by atoms with Crippen LogP contribution in [0.5, 0.6) is 23.1 Å². The van der Waals surface area contributed by atoms with Gasteiger partial charge in [-0.05, 0) is 53.4 Å². The number of methoxy groups -OCH3 is 1. The van der Waals surface area contributed by atoms with Gasteiger partial charge in [-0.3, -0.25) is 10.0 Å². The number of sulfonamides is 1. The van der Waals surface area contributed by atoms with E-state index in [2.05, 4.69) is 20.0 Å². The quantitative estimate of drug-likeness (QED) is 0.169. The fourth-order valence-electron chi connectivity index (χ4n) is 3.74. The predicted molar refractivity (Wildman–Crippen MR) is 163 cm³/mol. The number of halogens is 2. The highest BCUT2D eigenvalue weighted by Crippen LogP contribution is 2.40. The number of hydrogen-bond donors (Lipinski definition) is 2. The van der Waals surface area contributed by atoms with E-state index in [1.807, 2.05) is 20.8 Å².